The van der Waals surface area contributed by atoms with E-state index in [1.54, 1.807) is 19.2 Å². The zero-order valence-corrected chi connectivity index (χ0v) is 14.1. The Bertz CT molecular complexity index is 872. The van der Waals surface area contributed by atoms with E-state index < -0.39 is 0 Å². The lowest BCUT2D eigenvalue weighted by Gasteiger charge is -1.99. The largest absolute Gasteiger partial charge is 0.435 e. The molecule has 0 spiro atoms. The summed E-state index contributed by atoms with van der Waals surface area (Å²) in [6, 6.07) is 6.42. The third-order valence-electron chi connectivity index (χ3n) is 3.39. The maximum atomic E-state index is 13.2. The van der Waals surface area contributed by atoms with Crippen LogP contribution in [-0.2, 0) is 12.8 Å². The molecule has 2 aromatic heterocycles. The molecule has 1 aromatic carbocycles. The third kappa shape index (κ3) is 3.68. The number of carbonyl (C=O) groups excluding carboxylic acids is 1. The van der Waals surface area contributed by atoms with Gasteiger partial charge in [0.2, 0.25) is 5.76 Å². The number of oxazole rings is 1. The lowest BCUT2D eigenvalue weighted by atomic mass is 10.1. The molecule has 3 rings (SSSR count). The van der Waals surface area contributed by atoms with Crippen molar-refractivity contribution in [1.29, 1.82) is 0 Å². The number of amides is 1. The molecule has 2 heterocycles. The molecule has 7 heteroatoms. The van der Waals surface area contributed by atoms with Crippen LogP contribution < -0.4 is 5.32 Å². The summed E-state index contributed by atoms with van der Waals surface area (Å²) in [5, 5.41) is 3.19. The Balaban J connectivity index is 1.69. The van der Waals surface area contributed by atoms with E-state index in [9.17, 15) is 9.18 Å². The molecular weight excluding hydrogens is 329 g/mol. The summed E-state index contributed by atoms with van der Waals surface area (Å²) in [4.78, 5) is 21.5. The average molecular weight is 345 g/mol. The van der Waals surface area contributed by atoms with Crippen LogP contribution in [0.4, 0.5) is 9.52 Å². The average Bonchev–Trinajstić information content (AvgIpc) is 3.13. The Hall–Kier alpha value is -2.54. The zero-order valence-electron chi connectivity index (χ0n) is 13.3. The van der Waals surface area contributed by atoms with Gasteiger partial charge >= 0.3 is 0 Å². The highest BCUT2D eigenvalue weighted by molar-refractivity contribution is 7.15. The van der Waals surface area contributed by atoms with Crippen LogP contribution >= 0.6 is 11.3 Å². The number of nitrogens with zero attached hydrogens (tertiary/aromatic N) is 2. The summed E-state index contributed by atoms with van der Waals surface area (Å²) < 4.78 is 18.6. The van der Waals surface area contributed by atoms with Crippen molar-refractivity contribution in [2.45, 2.75) is 26.7 Å². The second kappa shape index (κ2) is 6.92. The molecule has 1 amide bonds. The van der Waals surface area contributed by atoms with E-state index in [0.717, 1.165) is 10.4 Å². The van der Waals surface area contributed by atoms with Gasteiger partial charge in [-0.1, -0.05) is 19.1 Å². The number of carbonyl (C=O) groups is 1. The summed E-state index contributed by atoms with van der Waals surface area (Å²) in [6.45, 7) is 3.64. The number of benzene rings is 1. The van der Waals surface area contributed by atoms with E-state index in [0.29, 0.717) is 29.6 Å². The lowest BCUT2D eigenvalue weighted by Crippen LogP contribution is -2.11. The number of aromatic nitrogens is 2. The molecule has 0 radical (unpaired) electrons. The Morgan fingerprint density at radius 3 is 2.96 bits per heavy atom. The number of nitrogens with one attached hydrogen (secondary N) is 1. The maximum absolute atomic E-state index is 13.2. The first kappa shape index (κ1) is 16.3. The van der Waals surface area contributed by atoms with E-state index in [4.69, 9.17) is 4.42 Å². The second-order valence-electron chi connectivity index (χ2n) is 5.27. The highest BCUT2D eigenvalue weighted by Crippen LogP contribution is 2.22. The fraction of sp³-hybridized carbons (Fsp3) is 0.235. The summed E-state index contributed by atoms with van der Waals surface area (Å²) in [6.07, 6.45) is 2.87. The molecule has 0 saturated heterocycles. The quantitative estimate of drug-likeness (QED) is 0.759. The van der Waals surface area contributed by atoms with Crippen molar-refractivity contribution in [3.8, 4) is 0 Å². The highest BCUT2D eigenvalue weighted by Gasteiger charge is 2.18. The molecule has 1 N–H and O–H groups in total. The molecule has 5 nitrogen and oxygen atoms in total. The van der Waals surface area contributed by atoms with E-state index in [1.165, 1.54) is 23.5 Å². The van der Waals surface area contributed by atoms with Crippen molar-refractivity contribution >= 4 is 22.4 Å². The van der Waals surface area contributed by atoms with Gasteiger partial charge in [0.15, 0.2) is 11.0 Å². The predicted molar refractivity (Wildman–Crippen MR) is 89.9 cm³/mol. The van der Waals surface area contributed by atoms with Gasteiger partial charge in [0.25, 0.3) is 5.91 Å². The summed E-state index contributed by atoms with van der Waals surface area (Å²) >= 11 is 1.35. The fourth-order valence-corrected chi connectivity index (χ4v) is 3.10. The fourth-order valence-electron chi connectivity index (χ4n) is 2.26. The number of anilines is 1. The Kier molecular flexibility index (Phi) is 4.71. The molecule has 124 valence electrons. The van der Waals surface area contributed by atoms with Crippen molar-refractivity contribution < 1.29 is 13.6 Å². The van der Waals surface area contributed by atoms with Gasteiger partial charge < -0.3 is 4.42 Å². The van der Waals surface area contributed by atoms with Crippen LogP contribution in [0.1, 0.15) is 39.5 Å². The van der Waals surface area contributed by atoms with Crippen molar-refractivity contribution in [2.24, 2.45) is 0 Å². The molecule has 0 unspecified atom stereocenters. The van der Waals surface area contributed by atoms with Gasteiger partial charge in [-0.15, -0.1) is 11.3 Å². The van der Waals surface area contributed by atoms with Crippen LogP contribution in [-0.4, -0.2) is 15.9 Å². The molecule has 0 fully saturated rings. The van der Waals surface area contributed by atoms with Crippen LogP contribution in [0.5, 0.6) is 0 Å². The minimum Gasteiger partial charge on any atom is -0.435 e. The Morgan fingerprint density at radius 1 is 1.42 bits per heavy atom. The number of hydrogen-bond acceptors (Lipinski definition) is 5. The van der Waals surface area contributed by atoms with Gasteiger partial charge in [-0.25, -0.2) is 14.4 Å². The second-order valence-corrected chi connectivity index (χ2v) is 6.38. The number of aryl methyl sites for hydroxylation is 2. The molecule has 0 aliphatic rings. The molecule has 0 bridgehead atoms. The summed E-state index contributed by atoms with van der Waals surface area (Å²) in [5.74, 6) is 0.0988. The first-order chi connectivity index (χ1) is 11.5. The molecule has 0 atom stereocenters. The van der Waals surface area contributed by atoms with Gasteiger partial charge in [0, 0.05) is 23.9 Å². The van der Waals surface area contributed by atoms with Crippen molar-refractivity contribution in [3.63, 3.8) is 0 Å². The Labute approximate surface area is 142 Å². The van der Waals surface area contributed by atoms with Crippen molar-refractivity contribution in [1.82, 2.24) is 9.97 Å². The number of halogens is 1. The predicted octanol–water partition coefficient (Wildman–Crippen LogP) is 3.98. The van der Waals surface area contributed by atoms with Gasteiger partial charge in [0.1, 0.15) is 5.82 Å². The van der Waals surface area contributed by atoms with Gasteiger partial charge in [-0.2, -0.15) is 0 Å². The summed E-state index contributed by atoms with van der Waals surface area (Å²) in [7, 11) is 0. The van der Waals surface area contributed by atoms with Crippen LogP contribution in [0, 0.1) is 12.7 Å². The van der Waals surface area contributed by atoms with E-state index in [2.05, 4.69) is 15.3 Å². The Morgan fingerprint density at radius 2 is 2.25 bits per heavy atom. The highest BCUT2D eigenvalue weighted by atomic mass is 32.1. The molecule has 24 heavy (non-hydrogen) atoms. The minimum absolute atomic E-state index is 0.203. The van der Waals surface area contributed by atoms with E-state index in [-0.39, 0.29) is 17.5 Å². The molecule has 0 saturated carbocycles. The van der Waals surface area contributed by atoms with E-state index in [1.807, 2.05) is 13.0 Å². The normalized spacial score (nSPS) is 10.8. The number of hydrogen-bond donors (Lipinski definition) is 1. The lowest BCUT2D eigenvalue weighted by molar-refractivity contribution is 0.0994. The van der Waals surface area contributed by atoms with Crippen LogP contribution in [0.3, 0.4) is 0 Å². The third-order valence-corrected chi connectivity index (χ3v) is 4.30. The molecule has 3 aromatic rings. The smallest absolute Gasteiger partial charge is 0.295 e. The summed E-state index contributed by atoms with van der Waals surface area (Å²) in [5.41, 5.74) is 1.41. The van der Waals surface area contributed by atoms with E-state index >= 15 is 0 Å². The van der Waals surface area contributed by atoms with Gasteiger partial charge in [0.05, 0.1) is 5.69 Å². The standard InChI is InChI=1S/C17H16FN3O2S/c1-3-14-20-10(2)15(23-14)16(22)21-17-19-9-13(24-17)8-11-5-4-6-12(18)7-11/h4-7,9H,3,8H2,1-2H3,(H,19,21,22). The minimum atomic E-state index is -0.369. The van der Waals surface area contributed by atoms with Crippen LogP contribution in [0.25, 0.3) is 0 Å². The number of thiazole rings is 1. The van der Waals surface area contributed by atoms with Crippen LogP contribution in [0.15, 0.2) is 34.9 Å². The first-order valence-electron chi connectivity index (χ1n) is 7.52. The topological polar surface area (TPSA) is 68.0 Å². The SMILES string of the molecule is CCc1nc(C)c(C(=O)Nc2ncc(Cc3cccc(F)c3)s2)o1. The first-order valence-corrected chi connectivity index (χ1v) is 8.33. The van der Waals surface area contributed by atoms with Gasteiger partial charge in [-0.05, 0) is 24.6 Å². The molecule has 0 aliphatic heterocycles. The molecular formula is C17H16FN3O2S. The number of rotatable bonds is 5. The monoisotopic (exact) mass is 345 g/mol. The zero-order chi connectivity index (χ0) is 17.1. The van der Waals surface area contributed by atoms with Crippen molar-refractivity contribution in [2.75, 3.05) is 5.32 Å². The van der Waals surface area contributed by atoms with Crippen LogP contribution in [0.2, 0.25) is 0 Å². The van der Waals surface area contributed by atoms with Gasteiger partial charge in [-0.3, -0.25) is 10.1 Å². The maximum Gasteiger partial charge on any atom is 0.295 e. The molecule has 0 aliphatic carbocycles. The van der Waals surface area contributed by atoms with Crippen molar-refractivity contribution in [3.05, 3.63) is 64.1 Å².